The topological polar surface area (TPSA) is 202 Å². The van der Waals surface area contributed by atoms with Gasteiger partial charge in [-0.3, -0.25) is 4.98 Å². The van der Waals surface area contributed by atoms with Crippen LogP contribution in [-0.4, -0.2) is 72.3 Å². The molecule has 0 amide bonds. The second-order valence-electron chi connectivity index (χ2n) is 7.40. The molecule has 3 heterocycles. The molecule has 0 aliphatic rings. The maximum absolute atomic E-state index is 11.1. The molecule has 14 heteroatoms. The van der Waals surface area contributed by atoms with Crippen LogP contribution in [0.15, 0.2) is 61.2 Å². The first kappa shape index (κ1) is 22.1. The summed E-state index contributed by atoms with van der Waals surface area (Å²) in [4.78, 5) is 30.8. The van der Waals surface area contributed by atoms with E-state index in [1.54, 1.807) is 0 Å². The second kappa shape index (κ2) is 8.60. The number of aromatic hydroxyl groups is 2. The zero-order valence-electron chi connectivity index (χ0n) is 18.0. The van der Waals surface area contributed by atoms with Crippen LogP contribution < -0.4 is 0 Å². The van der Waals surface area contributed by atoms with Crippen molar-refractivity contribution in [1.82, 2.24) is 40.0 Å². The standard InChI is InChI=1S/C22H14N8O6/c31-19-5-11(1-3-13(19)21(33)34)29-9-17(25-27-29)15-7-23-8-16(24-15)18-10-30(28-26-18)12-2-4-14(22(35)36)20(32)6-12/h1-10,31-32H,(H,33,34)(H,35,36). The molecule has 178 valence electrons. The predicted molar refractivity (Wildman–Crippen MR) is 120 cm³/mol. The van der Waals surface area contributed by atoms with E-state index in [0.717, 1.165) is 0 Å². The zero-order valence-corrected chi connectivity index (χ0v) is 18.0. The molecule has 0 spiro atoms. The molecule has 0 atom stereocenters. The molecule has 14 nitrogen and oxygen atoms in total. The van der Waals surface area contributed by atoms with Crippen LogP contribution in [0, 0.1) is 0 Å². The van der Waals surface area contributed by atoms with Gasteiger partial charge in [-0.15, -0.1) is 10.2 Å². The van der Waals surface area contributed by atoms with Gasteiger partial charge in [0.2, 0.25) is 0 Å². The summed E-state index contributed by atoms with van der Waals surface area (Å²) in [5.74, 6) is -3.33. The van der Waals surface area contributed by atoms with Crippen LogP contribution in [0.3, 0.4) is 0 Å². The number of aromatic nitrogens is 8. The first-order chi connectivity index (χ1) is 17.3. The van der Waals surface area contributed by atoms with Gasteiger partial charge in [-0.2, -0.15) is 0 Å². The van der Waals surface area contributed by atoms with Crippen LogP contribution >= 0.6 is 0 Å². The van der Waals surface area contributed by atoms with Crippen molar-refractivity contribution in [1.29, 1.82) is 0 Å². The minimum absolute atomic E-state index is 0.237. The Hall–Kier alpha value is -5.66. The van der Waals surface area contributed by atoms with Crippen LogP contribution in [0.2, 0.25) is 0 Å². The SMILES string of the molecule is O=C(O)c1ccc(-n2cc(-c3cncc(-c4cn(-c5ccc(C(=O)O)c(O)c5)nn4)n3)nn2)cc1O. The highest BCUT2D eigenvalue weighted by Gasteiger charge is 2.15. The Bertz CT molecular complexity index is 1530. The van der Waals surface area contributed by atoms with E-state index in [0.29, 0.717) is 34.2 Å². The first-order valence-corrected chi connectivity index (χ1v) is 10.1. The van der Waals surface area contributed by atoms with Crippen molar-refractivity contribution in [3.63, 3.8) is 0 Å². The molecule has 4 N–H and O–H groups in total. The molecule has 0 saturated heterocycles. The van der Waals surface area contributed by atoms with Gasteiger partial charge in [0.1, 0.15) is 45.4 Å². The molecule has 36 heavy (non-hydrogen) atoms. The molecule has 0 aliphatic carbocycles. The van der Waals surface area contributed by atoms with Crippen molar-refractivity contribution in [2.24, 2.45) is 0 Å². The molecule has 2 aromatic carbocycles. The highest BCUT2D eigenvalue weighted by molar-refractivity contribution is 5.91. The lowest BCUT2D eigenvalue weighted by atomic mass is 10.2. The van der Waals surface area contributed by atoms with E-state index in [9.17, 15) is 19.8 Å². The third kappa shape index (κ3) is 4.05. The third-order valence-corrected chi connectivity index (χ3v) is 5.10. The Labute approximate surface area is 200 Å². The molecule has 3 aromatic heterocycles. The van der Waals surface area contributed by atoms with E-state index >= 15 is 0 Å². The fraction of sp³-hybridized carbons (Fsp3) is 0. The van der Waals surface area contributed by atoms with Crippen molar-refractivity contribution in [2.75, 3.05) is 0 Å². The van der Waals surface area contributed by atoms with Crippen molar-refractivity contribution in [2.45, 2.75) is 0 Å². The molecule has 5 rings (SSSR count). The lowest BCUT2D eigenvalue weighted by Crippen LogP contribution is -2.00. The quantitative estimate of drug-likeness (QED) is 0.271. The number of aromatic carboxylic acids is 2. The Morgan fingerprint density at radius 1 is 0.667 bits per heavy atom. The molecule has 0 bridgehead atoms. The fourth-order valence-corrected chi connectivity index (χ4v) is 3.31. The first-order valence-electron chi connectivity index (χ1n) is 10.1. The summed E-state index contributed by atoms with van der Waals surface area (Å²) in [5.41, 5.74) is 1.74. The Morgan fingerprint density at radius 2 is 1.11 bits per heavy atom. The van der Waals surface area contributed by atoms with Gasteiger partial charge in [0.05, 0.1) is 36.2 Å². The van der Waals surface area contributed by atoms with Crippen LogP contribution in [0.25, 0.3) is 34.2 Å². The normalized spacial score (nSPS) is 10.9. The second-order valence-corrected chi connectivity index (χ2v) is 7.40. The smallest absolute Gasteiger partial charge is 0.339 e. The van der Waals surface area contributed by atoms with Crippen LogP contribution in [0.5, 0.6) is 11.5 Å². The van der Waals surface area contributed by atoms with E-state index in [1.807, 2.05) is 0 Å². The van der Waals surface area contributed by atoms with Gasteiger partial charge in [0.15, 0.2) is 0 Å². The minimum Gasteiger partial charge on any atom is -0.507 e. The lowest BCUT2D eigenvalue weighted by Gasteiger charge is -2.03. The molecule has 0 radical (unpaired) electrons. The van der Waals surface area contributed by atoms with E-state index in [4.69, 9.17) is 10.2 Å². The average molecular weight is 486 g/mol. The molecule has 0 aliphatic heterocycles. The lowest BCUT2D eigenvalue weighted by molar-refractivity contribution is 0.0682. The van der Waals surface area contributed by atoms with Crippen LogP contribution in [0.1, 0.15) is 20.7 Å². The van der Waals surface area contributed by atoms with Gasteiger partial charge < -0.3 is 20.4 Å². The summed E-state index contributed by atoms with van der Waals surface area (Å²) in [6.07, 6.45) is 6.01. The summed E-state index contributed by atoms with van der Waals surface area (Å²) < 4.78 is 2.69. The number of rotatable bonds is 6. The minimum atomic E-state index is -1.25. The maximum atomic E-state index is 11.1. The predicted octanol–water partition coefficient (Wildman–Crippen LogP) is 1.78. The number of hydrogen-bond donors (Lipinski definition) is 4. The number of carboxylic acid groups (broad SMARTS) is 2. The van der Waals surface area contributed by atoms with Crippen LogP contribution in [-0.2, 0) is 0 Å². The van der Waals surface area contributed by atoms with E-state index in [2.05, 4.69) is 30.6 Å². The molecule has 0 saturated carbocycles. The third-order valence-electron chi connectivity index (χ3n) is 5.10. The van der Waals surface area contributed by atoms with Crippen molar-refractivity contribution in [3.8, 4) is 45.6 Å². The number of hydrogen-bond acceptors (Lipinski definition) is 10. The highest BCUT2D eigenvalue weighted by Crippen LogP contribution is 2.24. The number of nitrogens with zero attached hydrogens (tertiary/aromatic N) is 8. The molecular weight excluding hydrogens is 472 g/mol. The van der Waals surface area contributed by atoms with E-state index in [1.165, 1.54) is 70.5 Å². The summed E-state index contributed by atoms with van der Waals surface area (Å²) in [5, 5.41) is 54.1. The maximum Gasteiger partial charge on any atom is 0.339 e. The Kier molecular flexibility index (Phi) is 5.29. The Balaban J connectivity index is 1.42. The van der Waals surface area contributed by atoms with Crippen molar-refractivity contribution >= 4 is 11.9 Å². The molecule has 0 fully saturated rings. The summed E-state index contributed by atoms with van der Waals surface area (Å²) in [6, 6.07) is 7.97. The summed E-state index contributed by atoms with van der Waals surface area (Å²) in [7, 11) is 0. The number of phenols is 2. The molecule has 5 aromatic rings. The van der Waals surface area contributed by atoms with Gasteiger partial charge in [0, 0.05) is 12.1 Å². The zero-order chi connectivity index (χ0) is 25.4. The van der Waals surface area contributed by atoms with Crippen molar-refractivity contribution in [3.05, 3.63) is 72.3 Å². The number of carbonyl (C=O) groups is 2. The van der Waals surface area contributed by atoms with Crippen molar-refractivity contribution < 1.29 is 30.0 Å². The molecular formula is C22H14N8O6. The highest BCUT2D eigenvalue weighted by atomic mass is 16.4. The van der Waals surface area contributed by atoms with Gasteiger partial charge in [-0.25, -0.2) is 23.9 Å². The van der Waals surface area contributed by atoms with Gasteiger partial charge >= 0.3 is 11.9 Å². The summed E-state index contributed by atoms with van der Waals surface area (Å²) >= 11 is 0. The van der Waals surface area contributed by atoms with E-state index in [-0.39, 0.29) is 11.1 Å². The van der Waals surface area contributed by atoms with Gasteiger partial charge in [-0.05, 0) is 24.3 Å². The summed E-state index contributed by atoms with van der Waals surface area (Å²) in [6.45, 7) is 0. The average Bonchev–Trinajstić information content (AvgIpc) is 3.54. The molecule has 0 unspecified atom stereocenters. The number of carboxylic acids is 2. The largest absolute Gasteiger partial charge is 0.507 e. The Morgan fingerprint density at radius 3 is 1.50 bits per heavy atom. The number of benzene rings is 2. The monoisotopic (exact) mass is 486 g/mol. The van der Waals surface area contributed by atoms with Crippen LogP contribution in [0.4, 0.5) is 0 Å². The fourth-order valence-electron chi connectivity index (χ4n) is 3.31. The van der Waals surface area contributed by atoms with Gasteiger partial charge in [-0.1, -0.05) is 10.4 Å². The van der Waals surface area contributed by atoms with E-state index < -0.39 is 23.4 Å². The van der Waals surface area contributed by atoms with Gasteiger partial charge in [0.25, 0.3) is 0 Å².